The van der Waals surface area contributed by atoms with Crippen molar-refractivity contribution in [3.63, 3.8) is 0 Å². The largest absolute Gasteiger partial charge is 0.482 e. The number of sulfonamides is 1. The van der Waals surface area contributed by atoms with Crippen molar-refractivity contribution >= 4 is 70.8 Å². The molecule has 1 fully saturated rings. The van der Waals surface area contributed by atoms with Gasteiger partial charge in [0.1, 0.15) is 5.75 Å². The molecule has 1 amide bonds. The standard InChI is InChI=1S/C20H21Br2N3O4S2/c1-13-10-14(21)11-17(22)19(13)29-12-18(26)24-20(30)23-15-4-6-16(7-5-15)31(27,28)25-8-2-3-9-25/h4-7,10-11H,2-3,8-9,12H2,1H3,(H2,23,24,26,30). The van der Waals surface area contributed by atoms with Crippen molar-refractivity contribution in [1.82, 2.24) is 9.62 Å². The lowest BCUT2D eigenvalue weighted by Crippen LogP contribution is -2.37. The fraction of sp³-hybridized carbons (Fsp3) is 0.300. The van der Waals surface area contributed by atoms with Crippen LogP contribution in [0.5, 0.6) is 5.75 Å². The van der Waals surface area contributed by atoms with Crippen LogP contribution in [0.4, 0.5) is 5.69 Å². The summed E-state index contributed by atoms with van der Waals surface area (Å²) < 4.78 is 33.9. The molecular formula is C20H21Br2N3O4S2. The Labute approximate surface area is 203 Å². The molecular weight excluding hydrogens is 570 g/mol. The average molecular weight is 591 g/mol. The van der Waals surface area contributed by atoms with Gasteiger partial charge >= 0.3 is 0 Å². The van der Waals surface area contributed by atoms with E-state index in [0.717, 1.165) is 27.4 Å². The Kier molecular flexibility index (Phi) is 8.08. The van der Waals surface area contributed by atoms with Crippen LogP contribution in [0.3, 0.4) is 0 Å². The fourth-order valence-electron chi connectivity index (χ4n) is 3.12. The molecule has 0 aromatic heterocycles. The molecule has 1 heterocycles. The van der Waals surface area contributed by atoms with Gasteiger partial charge in [0.05, 0.1) is 9.37 Å². The van der Waals surface area contributed by atoms with Crippen LogP contribution < -0.4 is 15.4 Å². The zero-order valence-corrected chi connectivity index (χ0v) is 21.5. The second kappa shape index (κ2) is 10.4. The van der Waals surface area contributed by atoms with Gasteiger partial charge in [0.25, 0.3) is 5.91 Å². The summed E-state index contributed by atoms with van der Waals surface area (Å²) in [6.45, 7) is 2.77. The van der Waals surface area contributed by atoms with Crippen LogP contribution in [0.15, 0.2) is 50.2 Å². The Balaban J connectivity index is 1.53. The summed E-state index contributed by atoms with van der Waals surface area (Å²) in [5.74, 6) is 0.159. The molecule has 7 nitrogen and oxygen atoms in total. The number of carbonyl (C=O) groups excluding carboxylic acids is 1. The molecule has 0 atom stereocenters. The number of anilines is 1. The lowest BCUT2D eigenvalue weighted by Gasteiger charge is -2.16. The van der Waals surface area contributed by atoms with E-state index in [1.54, 1.807) is 12.1 Å². The summed E-state index contributed by atoms with van der Waals surface area (Å²) in [6, 6.07) is 9.99. The smallest absolute Gasteiger partial charge is 0.264 e. The third kappa shape index (κ3) is 6.26. The number of nitrogens with one attached hydrogen (secondary N) is 2. The highest BCUT2D eigenvalue weighted by atomic mass is 79.9. The molecule has 3 rings (SSSR count). The summed E-state index contributed by atoms with van der Waals surface area (Å²) in [6.07, 6.45) is 1.77. The summed E-state index contributed by atoms with van der Waals surface area (Å²) >= 11 is 12.0. The van der Waals surface area contributed by atoms with E-state index in [4.69, 9.17) is 17.0 Å². The molecule has 1 aliphatic rings. The Bertz CT molecular complexity index is 1060. The van der Waals surface area contributed by atoms with Crippen LogP contribution in [-0.4, -0.2) is 43.4 Å². The number of benzene rings is 2. The number of nitrogens with zero attached hydrogens (tertiary/aromatic N) is 1. The van der Waals surface area contributed by atoms with E-state index in [1.807, 2.05) is 19.1 Å². The second-order valence-electron chi connectivity index (χ2n) is 6.96. The quantitative estimate of drug-likeness (QED) is 0.490. The van der Waals surface area contributed by atoms with Gasteiger partial charge < -0.3 is 10.1 Å². The summed E-state index contributed by atoms with van der Waals surface area (Å²) in [4.78, 5) is 12.4. The first-order chi connectivity index (χ1) is 14.7. The van der Waals surface area contributed by atoms with E-state index in [1.165, 1.54) is 16.4 Å². The van der Waals surface area contributed by atoms with Crippen LogP contribution in [-0.2, 0) is 14.8 Å². The van der Waals surface area contributed by atoms with E-state index in [2.05, 4.69) is 42.5 Å². The van der Waals surface area contributed by atoms with Crippen molar-refractivity contribution < 1.29 is 17.9 Å². The van der Waals surface area contributed by atoms with E-state index < -0.39 is 15.9 Å². The maximum absolute atomic E-state index is 12.6. The Morgan fingerprint density at radius 3 is 2.42 bits per heavy atom. The maximum atomic E-state index is 12.6. The Hall–Kier alpha value is -1.53. The lowest BCUT2D eigenvalue weighted by molar-refractivity contribution is -0.121. The van der Waals surface area contributed by atoms with Gasteiger partial charge in [0, 0.05) is 23.2 Å². The van der Waals surface area contributed by atoms with Crippen LogP contribution in [0.2, 0.25) is 0 Å². The molecule has 0 radical (unpaired) electrons. The lowest BCUT2D eigenvalue weighted by atomic mass is 10.2. The van der Waals surface area contributed by atoms with Gasteiger partial charge in [-0.1, -0.05) is 15.9 Å². The molecule has 0 aliphatic carbocycles. The number of ether oxygens (including phenoxy) is 1. The molecule has 0 saturated carbocycles. The summed E-state index contributed by atoms with van der Waals surface area (Å²) in [5.41, 5.74) is 1.44. The van der Waals surface area contributed by atoms with Gasteiger partial charge in [-0.2, -0.15) is 4.31 Å². The van der Waals surface area contributed by atoms with Crippen molar-refractivity contribution in [3.8, 4) is 5.75 Å². The predicted octanol–water partition coefficient (Wildman–Crippen LogP) is 4.20. The van der Waals surface area contributed by atoms with Gasteiger partial charge in [0.2, 0.25) is 10.0 Å². The molecule has 0 unspecified atom stereocenters. The minimum absolute atomic E-state index is 0.0929. The van der Waals surface area contributed by atoms with E-state index in [9.17, 15) is 13.2 Å². The topological polar surface area (TPSA) is 87.7 Å². The number of amides is 1. The van der Waals surface area contributed by atoms with Crippen LogP contribution in [0.25, 0.3) is 0 Å². The molecule has 2 aromatic carbocycles. The van der Waals surface area contributed by atoms with Crippen molar-refractivity contribution in [2.24, 2.45) is 0 Å². The highest BCUT2D eigenvalue weighted by molar-refractivity contribution is 9.11. The number of carbonyl (C=O) groups is 1. The zero-order chi connectivity index (χ0) is 22.6. The van der Waals surface area contributed by atoms with Crippen molar-refractivity contribution in [1.29, 1.82) is 0 Å². The average Bonchev–Trinajstić information content (AvgIpc) is 3.23. The monoisotopic (exact) mass is 589 g/mol. The first-order valence-electron chi connectivity index (χ1n) is 9.46. The minimum atomic E-state index is -3.47. The maximum Gasteiger partial charge on any atom is 0.264 e. The van der Waals surface area contributed by atoms with Crippen LogP contribution >= 0.6 is 44.1 Å². The number of hydrogen-bond donors (Lipinski definition) is 2. The first kappa shape index (κ1) is 24.1. The van der Waals surface area contributed by atoms with Gasteiger partial charge in [-0.15, -0.1) is 0 Å². The molecule has 1 aliphatic heterocycles. The zero-order valence-electron chi connectivity index (χ0n) is 16.7. The van der Waals surface area contributed by atoms with Crippen molar-refractivity contribution in [2.75, 3.05) is 25.0 Å². The Morgan fingerprint density at radius 1 is 1.16 bits per heavy atom. The van der Waals surface area contributed by atoms with E-state index in [-0.39, 0.29) is 16.6 Å². The molecule has 31 heavy (non-hydrogen) atoms. The van der Waals surface area contributed by atoms with E-state index in [0.29, 0.717) is 24.5 Å². The number of hydrogen-bond acceptors (Lipinski definition) is 5. The molecule has 0 spiro atoms. The highest BCUT2D eigenvalue weighted by Crippen LogP contribution is 2.32. The minimum Gasteiger partial charge on any atom is -0.482 e. The highest BCUT2D eigenvalue weighted by Gasteiger charge is 2.26. The molecule has 166 valence electrons. The van der Waals surface area contributed by atoms with Gasteiger partial charge in [-0.3, -0.25) is 10.1 Å². The second-order valence-corrected chi connectivity index (χ2v) is 11.1. The van der Waals surface area contributed by atoms with Crippen LogP contribution in [0, 0.1) is 6.92 Å². The number of halogens is 2. The first-order valence-corrected chi connectivity index (χ1v) is 12.9. The van der Waals surface area contributed by atoms with Crippen LogP contribution in [0.1, 0.15) is 18.4 Å². The van der Waals surface area contributed by atoms with Crippen molar-refractivity contribution in [3.05, 3.63) is 50.9 Å². The predicted molar refractivity (Wildman–Crippen MR) is 131 cm³/mol. The molecule has 0 bridgehead atoms. The number of aryl methyl sites for hydroxylation is 1. The third-order valence-corrected chi connectivity index (χ3v) is 7.77. The van der Waals surface area contributed by atoms with Gasteiger partial charge in [0.15, 0.2) is 11.7 Å². The summed E-state index contributed by atoms with van der Waals surface area (Å²) in [7, 11) is -3.47. The Morgan fingerprint density at radius 2 is 1.81 bits per heavy atom. The van der Waals surface area contributed by atoms with Gasteiger partial charge in [-0.05, 0) is 89.9 Å². The normalized spacial score (nSPS) is 14.3. The summed E-state index contributed by atoms with van der Waals surface area (Å²) in [5, 5.41) is 5.51. The third-order valence-electron chi connectivity index (χ3n) is 4.61. The molecule has 2 N–H and O–H groups in total. The number of rotatable bonds is 6. The number of thiocarbonyl (C=S) groups is 1. The molecule has 2 aromatic rings. The fourth-order valence-corrected chi connectivity index (χ4v) is 6.42. The van der Waals surface area contributed by atoms with Gasteiger partial charge in [-0.25, -0.2) is 8.42 Å². The molecule has 11 heteroatoms. The SMILES string of the molecule is Cc1cc(Br)cc(Br)c1OCC(=O)NC(=S)Nc1ccc(S(=O)(=O)N2CCCC2)cc1. The van der Waals surface area contributed by atoms with Crippen molar-refractivity contribution in [2.45, 2.75) is 24.7 Å². The molecule has 1 saturated heterocycles. The van der Waals surface area contributed by atoms with E-state index >= 15 is 0 Å².